The summed E-state index contributed by atoms with van der Waals surface area (Å²) < 4.78 is 56.2. The normalized spacial score (nSPS) is 14.1. The van der Waals surface area contributed by atoms with Crippen LogP contribution < -0.4 is 10.2 Å². The highest BCUT2D eigenvalue weighted by molar-refractivity contribution is 6.01. The molecule has 4 rings (SSSR count). The van der Waals surface area contributed by atoms with Crippen LogP contribution in [0.15, 0.2) is 55.1 Å². The molecule has 0 aliphatic carbocycles. The van der Waals surface area contributed by atoms with Gasteiger partial charge < -0.3 is 15.3 Å². The molecule has 3 aromatic rings. The smallest absolute Gasteiger partial charge is 0.436 e. The highest BCUT2D eigenvalue weighted by atomic mass is 19.4. The Labute approximate surface area is 193 Å². The summed E-state index contributed by atoms with van der Waals surface area (Å²) in [6.45, 7) is 5.71. The number of carbonyl (C=O) groups is 1. The van der Waals surface area contributed by atoms with Crippen LogP contribution in [0.1, 0.15) is 45.7 Å². The number of aliphatic hydroxyl groups excluding tert-OH is 1. The van der Waals surface area contributed by atoms with Crippen molar-refractivity contribution in [2.45, 2.75) is 32.2 Å². The Morgan fingerprint density at radius 3 is 2.53 bits per heavy atom. The van der Waals surface area contributed by atoms with E-state index in [0.717, 1.165) is 0 Å². The summed E-state index contributed by atoms with van der Waals surface area (Å²) in [5, 5.41) is 15.8. The Bertz CT molecular complexity index is 1230. The fraction of sp³-hybridized carbons (Fsp3) is 0.250. The Morgan fingerprint density at radius 1 is 1.21 bits per heavy atom. The molecular formula is C24H22F4N4O2. The van der Waals surface area contributed by atoms with Gasteiger partial charge in [0.25, 0.3) is 5.91 Å². The van der Waals surface area contributed by atoms with E-state index in [1.165, 1.54) is 22.9 Å². The zero-order valence-electron chi connectivity index (χ0n) is 18.2. The summed E-state index contributed by atoms with van der Waals surface area (Å²) >= 11 is 0. The SMILES string of the molecule is C=C(O)c1ccc([C@H](C)NC(=O)c2c(C(F)(F)F)nn3c2N(Cc2cccc(F)c2)CC3)cc1. The van der Waals surface area contributed by atoms with Crippen molar-refractivity contribution in [3.63, 3.8) is 0 Å². The minimum atomic E-state index is -4.83. The third-order valence-electron chi connectivity index (χ3n) is 5.66. The molecule has 2 heterocycles. The highest BCUT2D eigenvalue weighted by Crippen LogP contribution is 2.38. The predicted molar refractivity (Wildman–Crippen MR) is 119 cm³/mol. The summed E-state index contributed by atoms with van der Waals surface area (Å²) in [6.07, 6.45) is -4.83. The Morgan fingerprint density at radius 2 is 1.91 bits per heavy atom. The Hall–Kier alpha value is -3.82. The monoisotopic (exact) mass is 474 g/mol. The number of hydrogen-bond acceptors (Lipinski definition) is 4. The maximum atomic E-state index is 13.8. The van der Waals surface area contributed by atoms with E-state index in [-0.39, 0.29) is 24.7 Å². The fourth-order valence-corrected chi connectivity index (χ4v) is 3.99. The molecule has 0 fully saturated rings. The van der Waals surface area contributed by atoms with Crippen molar-refractivity contribution in [3.8, 4) is 0 Å². The van der Waals surface area contributed by atoms with Gasteiger partial charge in [0, 0.05) is 18.7 Å². The lowest BCUT2D eigenvalue weighted by Gasteiger charge is -2.21. The van der Waals surface area contributed by atoms with Crippen LogP contribution in [0.4, 0.5) is 23.4 Å². The zero-order chi connectivity index (χ0) is 24.6. The van der Waals surface area contributed by atoms with Crippen molar-refractivity contribution in [2.24, 2.45) is 0 Å². The number of halogens is 4. The molecule has 1 aliphatic rings. The molecule has 10 heteroatoms. The summed E-state index contributed by atoms with van der Waals surface area (Å²) in [5.41, 5.74) is -0.137. The standard InChI is InChI=1S/C24H22F4N4O2/c1-14(17-6-8-18(9-7-17)15(2)33)29-22(34)20-21(24(26,27)28)30-32-11-10-31(23(20)32)13-16-4-3-5-19(25)12-16/h3-9,12,14,33H,2,10-11,13H2,1H3,(H,29,34)/t14-/m0/s1. The first-order chi connectivity index (χ1) is 16.0. The van der Waals surface area contributed by atoms with Gasteiger partial charge in [-0.25, -0.2) is 9.07 Å². The second kappa shape index (κ2) is 8.85. The van der Waals surface area contributed by atoms with E-state index in [2.05, 4.69) is 17.0 Å². The number of aliphatic hydroxyl groups is 1. The molecule has 2 aromatic carbocycles. The number of fused-ring (bicyclic) bond motifs is 1. The number of amides is 1. The maximum absolute atomic E-state index is 13.8. The number of rotatable bonds is 6. The topological polar surface area (TPSA) is 70.4 Å². The second-order valence-corrected chi connectivity index (χ2v) is 8.08. The average molecular weight is 474 g/mol. The molecule has 0 spiro atoms. The van der Waals surface area contributed by atoms with Crippen LogP contribution in [0.5, 0.6) is 0 Å². The average Bonchev–Trinajstić information content (AvgIpc) is 3.34. The van der Waals surface area contributed by atoms with E-state index in [4.69, 9.17) is 0 Å². The van der Waals surface area contributed by atoms with E-state index in [1.54, 1.807) is 42.2 Å². The molecule has 34 heavy (non-hydrogen) atoms. The first-order valence-corrected chi connectivity index (χ1v) is 10.5. The number of carbonyl (C=O) groups excluding carboxylic acids is 1. The number of anilines is 1. The van der Waals surface area contributed by atoms with E-state index in [0.29, 0.717) is 23.2 Å². The van der Waals surface area contributed by atoms with Crippen molar-refractivity contribution in [1.29, 1.82) is 0 Å². The van der Waals surface area contributed by atoms with Crippen molar-refractivity contribution in [2.75, 3.05) is 11.4 Å². The van der Waals surface area contributed by atoms with Crippen LogP contribution in [-0.4, -0.2) is 27.3 Å². The van der Waals surface area contributed by atoms with Gasteiger partial charge in [0.2, 0.25) is 0 Å². The molecule has 6 nitrogen and oxygen atoms in total. The van der Waals surface area contributed by atoms with Gasteiger partial charge >= 0.3 is 6.18 Å². The van der Waals surface area contributed by atoms with Crippen molar-refractivity contribution >= 4 is 17.5 Å². The highest BCUT2D eigenvalue weighted by Gasteiger charge is 2.44. The lowest BCUT2D eigenvalue weighted by molar-refractivity contribution is -0.141. The molecule has 0 saturated heterocycles. The van der Waals surface area contributed by atoms with Gasteiger partial charge in [-0.05, 0) is 30.2 Å². The molecule has 178 valence electrons. The minimum Gasteiger partial charge on any atom is -0.508 e. The van der Waals surface area contributed by atoms with Gasteiger partial charge in [-0.2, -0.15) is 18.3 Å². The van der Waals surface area contributed by atoms with Crippen LogP contribution in [0.2, 0.25) is 0 Å². The van der Waals surface area contributed by atoms with Gasteiger partial charge in [0.05, 0.1) is 12.6 Å². The first kappa shape index (κ1) is 23.3. The number of nitrogens with one attached hydrogen (secondary N) is 1. The number of benzene rings is 2. The largest absolute Gasteiger partial charge is 0.508 e. The third kappa shape index (κ3) is 4.61. The third-order valence-corrected chi connectivity index (χ3v) is 5.66. The van der Waals surface area contributed by atoms with E-state index in [1.807, 2.05) is 0 Å². The van der Waals surface area contributed by atoms with Crippen LogP contribution in [0, 0.1) is 5.82 Å². The number of aromatic nitrogens is 2. The fourth-order valence-electron chi connectivity index (χ4n) is 3.99. The second-order valence-electron chi connectivity index (χ2n) is 8.08. The first-order valence-electron chi connectivity index (χ1n) is 10.5. The van der Waals surface area contributed by atoms with Crippen LogP contribution >= 0.6 is 0 Å². The minimum absolute atomic E-state index is 0.0493. The lowest BCUT2D eigenvalue weighted by atomic mass is 10.0. The maximum Gasteiger partial charge on any atom is 0.436 e. The number of nitrogens with zero attached hydrogens (tertiary/aromatic N) is 3. The Balaban J connectivity index is 1.65. The molecule has 1 aromatic heterocycles. The van der Waals surface area contributed by atoms with E-state index >= 15 is 0 Å². The van der Waals surface area contributed by atoms with Crippen molar-refractivity contribution < 1.29 is 27.5 Å². The molecule has 0 unspecified atom stereocenters. The van der Waals surface area contributed by atoms with Gasteiger partial charge in [-0.3, -0.25) is 4.79 Å². The van der Waals surface area contributed by atoms with Crippen LogP contribution in [0.3, 0.4) is 0 Å². The number of hydrogen-bond donors (Lipinski definition) is 2. The van der Waals surface area contributed by atoms with Crippen LogP contribution in [-0.2, 0) is 19.3 Å². The molecule has 2 N–H and O–H groups in total. The molecule has 0 radical (unpaired) electrons. The van der Waals surface area contributed by atoms with Gasteiger partial charge in [-0.1, -0.05) is 43.0 Å². The molecule has 0 bridgehead atoms. The summed E-state index contributed by atoms with van der Waals surface area (Å²) in [4.78, 5) is 14.7. The predicted octanol–water partition coefficient (Wildman–Crippen LogP) is 5.08. The molecule has 1 atom stereocenters. The molecular weight excluding hydrogens is 452 g/mol. The summed E-state index contributed by atoms with van der Waals surface area (Å²) in [6, 6.07) is 11.6. The van der Waals surface area contributed by atoms with E-state index in [9.17, 15) is 27.5 Å². The number of alkyl halides is 3. The molecule has 0 saturated carbocycles. The van der Waals surface area contributed by atoms with Gasteiger partial charge in [0.1, 0.15) is 23.0 Å². The summed E-state index contributed by atoms with van der Waals surface area (Å²) in [5.74, 6) is -1.44. The van der Waals surface area contributed by atoms with Crippen molar-refractivity contribution in [1.82, 2.24) is 15.1 Å². The summed E-state index contributed by atoms with van der Waals surface area (Å²) in [7, 11) is 0. The Kier molecular flexibility index (Phi) is 6.07. The lowest BCUT2D eigenvalue weighted by Crippen LogP contribution is -2.31. The zero-order valence-corrected chi connectivity index (χ0v) is 18.2. The van der Waals surface area contributed by atoms with Crippen molar-refractivity contribution in [3.05, 3.63) is 88.9 Å². The quantitative estimate of drug-likeness (QED) is 0.386. The van der Waals surface area contributed by atoms with E-state index < -0.39 is 35.2 Å². The van der Waals surface area contributed by atoms with Crippen LogP contribution in [0.25, 0.3) is 5.76 Å². The molecule has 1 amide bonds. The van der Waals surface area contributed by atoms with Gasteiger partial charge in [0.15, 0.2) is 5.69 Å². The molecule has 1 aliphatic heterocycles. The van der Waals surface area contributed by atoms with Gasteiger partial charge in [-0.15, -0.1) is 0 Å².